The van der Waals surface area contributed by atoms with Crippen LogP contribution in [0.1, 0.15) is 47.4 Å². The predicted molar refractivity (Wildman–Crippen MR) is 106 cm³/mol. The van der Waals surface area contributed by atoms with Gasteiger partial charge >= 0.3 is 6.18 Å². The molecule has 4 rings (SSSR count). The Kier molecular flexibility index (Phi) is 5.36. The summed E-state index contributed by atoms with van der Waals surface area (Å²) in [6.07, 6.45) is 3.77. The van der Waals surface area contributed by atoms with Crippen LogP contribution >= 0.6 is 0 Å². The molecule has 0 aromatic carbocycles. The molecular formula is C21H22F3N5O. The molecule has 1 aliphatic carbocycles. The number of nitrogens with one attached hydrogen (secondary N) is 2. The molecule has 0 radical (unpaired) electrons. The second kappa shape index (κ2) is 7.97. The van der Waals surface area contributed by atoms with Crippen LogP contribution in [-0.4, -0.2) is 32.4 Å². The molecular weight excluding hydrogens is 395 g/mol. The summed E-state index contributed by atoms with van der Waals surface area (Å²) >= 11 is 0. The smallest absolute Gasteiger partial charge is 0.382 e. The summed E-state index contributed by atoms with van der Waals surface area (Å²) in [5, 5.41) is 6.25. The number of alkyl halides is 3. The first-order valence-electron chi connectivity index (χ1n) is 9.84. The largest absolute Gasteiger partial charge is 0.433 e. The molecule has 0 bridgehead atoms. The molecule has 6 nitrogen and oxygen atoms in total. The van der Waals surface area contributed by atoms with Gasteiger partial charge in [0.25, 0.3) is 5.91 Å². The van der Waals surface area contributed by atoms with Crippen molar-refractivity contribution < 1.29 is 18.0 Å². The lowest BCUT2D eigenvalue weighted by Gasteiger charge is -2.30. The lowest BCUT2D eigenvalue weighted by atomic mass is 9.90. The first-order chi connectivity index (χ1) is 14.3. The van der Waals surface area contributed by atoms with E-state index in [4.69, 9.17) is 0 Å². The van der Waals surface area contributed by atoms with E-state index < -0.39 is 11.9 Å². The zero-order valence-electron chi connectivity index (χ0n) is 16.4. The number of fused-ring (bicyclic) bond motifs is 1. The molecule has 3 heterocycles. The van der Waals surface area contributed by atoms with Gasteiger partial charge in [-0.05, 0) is 56.9 Å². The minimum absolute atomic E-state index is 0.0407. The van der Waals surface area contributed by atoms with Gasteiger partial charge in [-0.15, -0.1) is 0 Å². The fraction of sp³-hybridized carbons (Fsp3) is 0.381. The van der Waals surface area contributed by atoms with Gasteiger partial charge in [-0.3, -0.25) is 4.79 Å². The lowest BCUT2D eigenvalue weighted by Crippen LogP contribution is -2.40. The summed E-state index contributed by atoms with van der Waals surface area (Å²) in [4.78, 5) is 20.3. The van der Waals surface area contributed by atoms with Crippen molar-refractivity contribution in [1.82, 2.24) is 19.7 Å². The molecule has 1 saturated carbocycles. The highest BCUT2D eigenvalue weighted by Gasteiger charge is 2.33. The van der Waals surface area contributed by atoms with Gasteiger partial charge in [-0.1, -0.05) is 0 Å². The number of aryl methyl sites for hydroxylation is 1. The van der Waals surface area contributed by atoms with Crippen LogP contribution in [0.2, 0.25) is 0 Å². The maximum absolute atomic E-state index is 13.0. The van der Waals surface area contributed by atoms with Crippen molar-refractivity contribution in [3.63, 3.8) is 0 Å². The Balaban J connectivity index is 1.33. The van der Waals surface area contributed by atoms with Crippen molar-refractivity contribution in [3.05, 3.63) is 59.8 Å². The first-order valence-corrected chi connectivity index (χ1v) is 9.84. The van der Waals surface area contributed by atoms with Gasteiger partial charge in [0.2, 0.25) is 0 Å². The van der Waals surface area contributed by atoms with Crippen molar-refractivity contribution in [3.8, 4) is 0 Å². The second-order valence-electron chi connectivity index (χ2n) is 7.66. The highest BCUT2D eigenvalue weighted by atomic mass is 19.4. The Morgan fingerprint density at radius 2 is 1.87 bits per heavy atom. The number of imidazole rings is 1. The molecule has 158 valence electrons. The Morgan fingerprint density at radius 1 is 1.13 bits per heavy atom. The predicted octanol–water partition coefficient (Wildman–Crippen LogP) is 4.21. The fourth-order valence-corrected chi connectivity index (χ4v) is 3.84. The molecule has 0 atom stereocenters. The van der Waals surface area contributed by atoms with Crippen LogP contribution in [0.3, 0.4) is 0 Å². The van der Waals surface area contributed by atoms with Gasteiger partial charge in [-0.25, -0.2) is 9.97 Å². The van der Waals surface area contributed by atoms with E-state index in [0.717, 1.165) is 37.4 Å². The van der Waals surface area contributed by atoms with Gasteiger partial charge < -0.3 is 15.0 Å². The number of carbonyl (C=O) groups excluding carboxylic acids is 1. The van der Waals surface area contributed by atoms with Crippen LogP contribution < -0.4 is 10.6 Å². The number of aromatic nitrogens is 3. The number of halogens is 3. The third-order valence-electron chi connectivity index (χ3n) is 5.33. The van der Waals surface area contributed by atoms with E-state index in [0.29, 0.717) is 16.9 Å². The molecule has 1 fully saturated rings. The molecule has 0 saturated heterocycles. The monoisotopic (exact) mass is 417 g/mol. The summed E-state index contributed by atoms with van der Waals surface area (Å²) in [5.74, 6) is -0.137. The maximum Gasteiger partial charge on any atom is 0.433 e. The van der Waals surface area contributed by atoms with Crippen LogP contribution in [0.25, 0.3) is 5.65 Å². The van der Waals surface area contributed by atoms with E-state index in [1.807, 2.05) is 0 Å². The van der Waals surface area contributed by atoms with Crippen LogP contribution in [0.4, 0.5) is 18.9 Å². The minimum atomic E-state index is -4.47. The SMILES string of the molecule is Cc1cc(N[C@H]2CC[C@@H](NC(=O)c3ccc4nccn4c3)CC2)cc(C(F)(F)F)n1. The zero-order chi connectivity index (χ0) is 21.3. The third-order valence-corrected chi connectivity index (χ3v) is 5.33. The number of hydrogen-bond acceptors (Lipinski definition) is 4. The number of amides is 1. The van der Waals surface area contributed by atoms with Crippen LogP contribution in [-0.2, 0) is 6.18 Å². The Labute approximate surface area is 171 Å². The van der Waals surface area contributed by atoms with Gasteiger partial charge in [0.1, 0.15) is 11.3 Å². The molecule has 9 heteroatoms. The van der Waals surface area contributed by atoms with E-state index >= 15 is 0 Å². The minimum Gasteiger partial charge on any atom is -0.382 e. The van der Waals surface area contributed by atoms with E-state index in [1.54, 1.807) is 48.1 Å². The summed E-state index contributed by atoms with van der Waals surface area (Å²) in [5.41, 5.74) is 1.20. The molecule has 2 N–H and O–H groups in total. The van der Waals surface area contributed by atoms with Crippen molar-refractivity contribution in [2.75, 3.05) is 5.32 Å². The van der Waals surface area contributed by atoms with Crippen molar-refractivity contribution in [1.29, 1.82) is 0 Å². The number of rotatable bonds is 4. The third kappa shape index (κ3) is 4.55. The lowest BCUT2D eigenvalue weighted by molar-refractivity contribution is -0.141. The van der Waals surface area contributed by atoms with E-state index in [9.17, 15) is 18.0 Å². The van der Waals surface area contributed by atoms with Crippen molar-refractivity contribution >= 4 is 17.2 Å². The van der Waals surface area contributed by atoms with Crippen molar-refractivity contribution in [2.45, 2.75) is 50.9 Å². The van der Waals surface area contributed by atoms with Crippen LogP contribution in [0, 0.1) is 6.92 Å². The van der Waals surface area contributed by atoms with E-state index in [-0.39, 0.29) is 18.0 Å². The van der Waals surface area contributed by atoms with Crippen LogP contribution in [0.5, 0.6) is 0 Å². The zero-order valence-corrected chi connectivity index (χ0v) is 16.4. The Morgan fingerprint density at radius 3 is 2.60 bits per heavy atom. The average Bonchev–Trinajstić information content (AvgIpc) is 3.16. The Bertz CT molecular complexity index is 1050. The molecule has 0 unspecified atom stereocenters. The molecule has 3 aromatic rings. The van der Waals surface area contributed by atoms with Gasteiger partial charge in [0.05, 0.1) is 5.56 Å². The molecule has 1 amide bonds. The summed E-state index contributed by atoms with van der Waals surface area (Å²) in [6.45, 7) is 1.55. The highest BCUT2D eigenvalue weighted by molar-refractivity contribution is 5.94. The van der Waals surface area contributed by atoms with Gasteiger partial charge in [-0.2, -0.15) is 13.2 Å². The number of pyridine rings is 2. The van der Waals surface area contributed by atoms with Crippen LogP contribution in [0.15, 0.2) is 42.9 Å². The Hall–Kier alpha value is -3.10. The number of hydrogen-bond donors (Lipinski definition) is 2. The van der Waals surface area contributed by atoms with E-state index in [2.05, 4.69) is 20.6 Å². The molecule has 0 spiro atoms. The average molecular weight is 417 g/mol. The summed E-state index contributed by atoms with van der Waals surface area (Å²) < 4.78 is 40.7. The number of nitrogens with zero attached hydrogens (tertiary/aromatic N) is 3. The standard InChI is InChI=1S/C21H22F3N5O/c1-13-10-17(11-18(26-13)21(22,23)24)27-15-3-5-16(6-4-15)28-20(30)14-2-7-19-25-8-9-29(19)12-14/h2,7-12,15-16H,3-6H2,1H3,(H,26,27)(H,28,30)/t15-,16+. The molecule has 0 aliphatic heterocycles. The van der Waals surface area contributed by atoms with Gasteiger partial charge in [0.15, 0.2) is 0 Å². The normalized spacial score (nSPS) is 19.6. The fourth-order valence-electron chi connectivity index (χ4n) is 3.84. The summed E-state index contributed by atoms with van der Waals surface area (Å²) in [6, 6.07) is 6.31. The molecule has 3 aromatic heterocycles. The molecule has 30 heavy (non-hydrogen) atoms. The maximum atomic E-state index is 13.0. The topological polar surface area (TPSA) is 71.3 Å². The number of carbonyl (C=O) groups is 1. The number of anilines is 1. The molecule has 1 aliphatic rings. The quantitative estimate of drug-likeness (QED) is 0.667. The van der Waals surface area contributed by atoms with E-state index in [1.165, 1.54) is 0 Å². The first kappa shape index (κ1) is 20.2. The highest BCUT2D eigenvalue weighted by Crippen LogP contribution is 2.31. The van der Waals surface area contributed by atoms with Crippen molar-refractivity contribution in [2.24, 2.45) is 0 Å². The van der Waals surface area contributed by atoms with Gasteiger partial charge in [0, 0.05) is 42.1 Å². The summed E-state index contributed by atoms with van der Waals surface area (Å²) in [7, 11) is 0. The second-order valence-corrected chi connectivity index (χ2v) is 7.66.